The lowest BCUT2D eigenvalue weighted by Gasteiger charge is -2.06. The zero-order valence-electron chi connectivity index (χ0n) is 10.2. The summed E-state index contributed by atoms with van der Waals surface area (Å²) in [5, 5.41) is 1.13. The van der Waals surface area contributed by atoms with Crippen LogP contribution in [0, 0.1) is 0 Å². The number of ketones is 1. The molecule has 1 heterocycles. The predicted octanol–water partition coefficient (Wildman–Crippen LogP) is 3.76. The van der Waals surface area contributed by atoms with E-state index < -0.39 is 0 Å². The summed E-state index contributed by atoms with van der Waals surface area (Å²) in [4.78, 5) is 16.0. The van der Waals surface area contributed by atoms with Gasteiger partial charge in [-0.3, -0.25) is 9.78 Å². The van der Waals surface area contributed by atoms with Gasteiger partial charge in [-0.25, -0.2) is 0 Å². The highest BCUT2D eigenvalue weighted by molar-refractivity contribution is 5.98. The summed E-state index contributed by atoms with van der Waals surface area (Å²) in [6.07, 6.45) is 7.42. The van der Waals surface area contributed by atoms with Gasteiger partial charge in [-0.05, 0) is 54.7 Å². The number of allylic oxidation sites excluding steroid dienone is 2. The minimum atomic E-state index is 0.258. The molecule has 3 rings (SSSR count). The van der Waals surface area contributed by atoms with Crippen molar-refractivity contribution in [1.82, 2.24) is 4.98 Å². The lowest BCUT2D eigenvalue weighted by Crippen LogP contribution is -1.91. The van der Waals surface area contributed by atoms with E-state index >= 15 is 0 Å². The third kappa shape index (κ3) is 2.19. The molecule has 0 atom stereocenters. The number of carbonyl (C=O) groups excluding carboxylic acids is 1. The van der Waals surface area contributed by atoms with Gasteiger partial charge in [0.25, 0.3) is 0 Å². The minimum Gasteiger partial charge on any atom is -0.295 e. The molecule has 0 spiro atoms. The van der Waals surface area contributed by atoms with Crippen LogP contribution in [-0.4, -0.2) is 10.8 Å². The van der Waals surface area contributed by atoms with Crippen molar-refractivity contribution in [3.05, 3.63) is 48.2 Å². The van der Waals surface area contributed by atoms with E-state index in [1.807, 2.05) is 18.2 Å². The van der Waals surface area contributed by atoms with Crippen molar-refractivity contribution in [2.45, 2.75) is 25.7 Å². The third-order valence-electron chi connectivity index (χ3n) is 3.43. The van der Waals surface area contributed by atoms with Crippen molar-refractivity contribution in [2.75, 3.05) is 0 Å². The van der Waals surface area contributed by atoms with Gasteiger partial charge in [-0.2, -0.15) is 0 Å². The molecule has 0 fully saturated rings. The van der Waals surface area contributed by atoms with Gasteiger partial charge in [0.1, 0.15) is 0 Å². The van der Waals surface area contributed by atoms with E-state index in [4.69, 9.17) is 0 Å². The maximum atomic E-state index is 11.6. The lowest BCUT2D eigenvalue weighted by atomic mass is 9.99. The summed E-state index contributed by atoms with van der Waals surface area (Å²) in [7, 11) is 0. The Morgan fingerprint density at radius 3 is 2.89 bits per heavy atom. The summed E-state index contributed by atoms with van der Waals surface area (Å²) >= 11 is 0. The van der Waals surface area contributed by atoms with Gasteiger partial charge in [-0.1, -0.05) is 12.1 Å². The first-order valence-electron chi connectivity index (χ1n) is 6.41. The number of hydrogen-bond acceptors (Lipinski definition) is 2. The van der Waals surface area contributed by atoms with Crippen LogP contribution < -0.4 is 0 Å². The molecule has 2 aromatic rings. The lowest BCUT2D eigenvalue weighted by molar-refractivity contribution is -0.114. The Bertz CT molecular complexity index is 628. The molecule has 0 unspecified atom stereocenters. The molecule has 2 nitrogen and oxygen atoms in total. The third-order valence-corrected chi connectivity index (χ3v) is 3.43. The van der Waals surface area contributed by atoms with E-state index in [9.17, 15) is 4.79 Å². The molecule has 0 aliphatic heterocycles. The van der Waals surface area contributed by atoms with Crippen LogP contribution in [0.4, 0.5) is 0 Å². The number of carbonyl (C=O) groups is 1. The monoisotopic (exact) mass is 237 g/mol. The molecule has 18 heavy (non-hydrogen) atoms. The fourth-order valence-corrected chi connectivity index (χ4v) is 2.46. The molecule has 1 aromatic heterocycles. The highest BCUT2D eigenvalue weighted by Gasteiger charge is 2.10. The van der Waals surface area contributed by atoms with Gasteiger partial charge in [0.2, 0.25) is 0 Å². The molecule has 0 saturated carbocycles. The predicted molar refractivity (Wildman–Crippen MR) is 73.2 cm³/mol. The highest BCUT2D eigenvalue weighted by atomic mass is 16.1. The minimum absolute atomic E-state index is 0.258. The smallest absolute Gasteiger partial charge is 0.155 e. The number of fused-ring (bicyclic) bond motifs is 1. The van der Waals surface area contributed by atoms with Crippen LogP contribution in [-0.2, 0) is 4.79 Å². The fraction of sp³-hybridized carbons (Fsp3) is 0.250. The fourth-order valence-electron chi connectivity index (χ4n) is 2.46. The summed E-state index contributed by atoms with van der Waals surface area (Å²) in [6.45, 7) is 0. The van der Waals surface area contributed by atoms with Crippen LogP contribution in [0.3, 0.4) is 0 Å². The molecule has 0 bridgehead atoms. The van der Waals surface area contributed by atoms with Gasteiger partial charge in [0.05, 0.1) is 5.52 Å². The van der Waals surface area contributed by atoms with Crippen LogP contribution in [0.1, 0.15) is 31.2 Å². The Labute approximate surface area is 106 Å². The van der Waals surface area contributed by atoms with Crippen LogP contribution in [0.2, 0.25) is 0 Å². The van der Waals surface area contributed by atoms with Crippen molar-refractivity contribution in [3.63, 3.8) is 0 Å². The van der Waals surface area contributed by atoms with Crippen molar-refractivity contribution in [3.8, 4) is 0 Å². The molecule has 0 radical (unpaired) electrons. The maximum absolute atomic E-state index is 11.6. The van der Waals surface area contributed by atoms with E-state index in [1.165, 1.54) is 5.57 Å². The molecule has 0 saturated heterocycles. The van der Waals surface area contributed by atoms with Gasteiger partial charge >= 0.3 is 0 Å². The zero-order valence-corrected chi connectivity index (χ0v) is 10.2. The normalized spacial score (nSPS) is 16.4. The number of pyridine rings is 1. The summed E-state index contributed by atoms with van der Waals surface area (Å²) in [5.41, 5.74) is 3.33. The molecular weight excluding hydrogens is 222 g/mol. The molecule has 1 aliphatic rings. The highest BCUT2D eigenvalue weighted by Crippen LogP contribution is 2.26. The van der Waals surface area contributed by atoms with E-state index in [-0.39, 0.29) is 5.78 Å². The Morgan fingerprint density at radius 2 is 1.94 bits per heavy atom. The summed E-state index contributed by atoms with van der Waals surface area (Å²) in [6, 6.07) is 10.2. The van der Waals surface area contributed by atoms with Gasteiger partial charge in [0.15, 0.2) is 5.78 Å². The molecule has 0 amide bonds. The summed E-state index contributed by atoms with van der Waals surface area (Å²) < 4.78 is 0. The number of rotatable bonds is 1. The van der Waals surface area contributed by atoms with E-state index in [1.54, 1.807) is 6.20 Å². The Hall–Kier alpha value is -1.96. The van der Waals surface area contributed by atoms with Gasteiger partial charge in [-0.15, -0.1) is 0 Å². The Balaban J connectivity index is 2.05. The second kappa shape index (κ2) is 4.73. The molecule has 2 heteroatoms. The van der Waals surface area contributed by atoms with Crippen LogP contribution >= 0.6 is 0 Å². The first-order chi connectivity index (χ1) is 8.83. The second-order valence-electron chi connectivity index (χ2n) is 4.75. The Kier molecular flexibility index (Phi) is 2.93. The average molecular weight is 237 g/mol. The van der Waals surface area contributed by atoms with E-state index in [2.05, 4.69) is 23.2 Å². The Morgan fingerprint density at radius 1 is 1.06 bits per heavy atom. The van der Waals surface area contributed by atoms with Crippen molar-refractivity contribution >= 4 is 22.3 Å². The topological polar surface area (TPSA) is 30.0 Å². The maximum Gasteiger partial charge on any atom is 0.155 e. The number of hydrogen-bond donors (Lipinski definition) is 0. The first-order valence-corrected chi connectivity index (χ1v) is 6.41. The van der Waals surface area contributed by atoms with E-state index in [0.717, 1.165) is 35.7 Å². The van der Waals surface area contributed by atoms with Crippen molar-refractivity contribution < 1.29 is 4.79 Å². The SMILES string of the molecule is O=C1C=C(c2ccc3ncccc3c2)CCCC1. The zero-order chi connectivity index (χ0) is 12.4. The standard InChI is InChI=1S/C16H15NO/c18-15-6-2-1-4-12(11-15)13-7-8-16-14(10-13)5-3-9-17-16/h3,5,7-11H,1-2,4,6H2. The molecule has 90 valence electrons. The number of nitrogens with zero attached hydrogens (tertiary/aromatic N) is 1. The first kappa shape index (κ1) is 11.1. The second-order valence-corrected chi connectivity index (χ2v) is 4.75. The van der Waals surface area contributed by atoms with Crippen LogP contribution in [0.15, 0.2) is 42.6 Å². The molecule has 0 N–H and O–H groups in total. The van der Waals surface area contributed by atoms with Gasteiger partial charge < -0.3 is 0 Å². The number of benzene rings is 1. The number of aromatic nitrogens is 1. The largest absolute Gasteiger partial charge is 0.295 e. The summed E-state index contributed by atoms with van der Waals surface area (Å²) in [5.74, 6) is 0.258. The molecule has 1 aliphatic carbocycles. The molecular formula is C16H15NO. The van der Waals surface area contributed by atoms with Crippen LogP contribution in [0.5, 0.6) is 0 Å². The van der Waals surface area contributed by atoms with E-state index in [0.29, 0.717) is 6.42 Å². The van der Waals surface area contributed by atoms with Gasteiger partial charge in [0, 0.05) is 18.0 Å². The molecule has 1 aromatic carbocycles. The van der Waals surface area contributed by atoms with Crippen LogP contribution in [0.25, 0.3) is 16.5 Å². The quantitative estimate of drug-likeness (QED) is 0.755. The van der Waals surface area contributed by atoms with Crippen molar-refractivity contribution in [2.24, 2.45) is 0 Å². The average Bonchev–Trinajstić information content (AvgIpc) is 2.63. The van der Waals surface area contributed by atoms with Crippen molar-refractivity contribution in [1.29, 1.82) is 0 Å².